The fourth-order valence-electron chi connectivity index (χ4n) is 2.79. The third-order valence-corrected chi connectivity index (χ3v) is 5.25. The molecule has 3 rings (SSSR count). The first-order chi connectivity index (χ1) is 15.6. The van der Waals surface area contributed by atoms with Crippen molar-refractivity contribution in [3.05, 3.63) is 86.1 Å². The summed E-state index contributed by atoms with van der Waals surface area (Å²) in [5.41, 5.74) is 0.848. The zero-order valence-corrected chi connectivity index (χ0v) is 19.0. The maximum Gasteiger partial charge on any atom is 0.291 e. The average molecular weight is 493 g/mol. The van der Waals surface area contributed by atoms with Crippen molar-refractivity contribution in [2.45, 2.75) is 13.3 Å². The summed E-state index contributed by atoms with van der Waals surface area (Å²) in [4.78, 5) is 36.6. The highest BCUT2D eigenvalue weighted by molar-refractivity contribution is 6.32. The molecule has 2 N–H and O–H groups in total. The van der Waals surface area contributed by atoms with Gasteiger partial charge in [0.1, 0.15) is 17.1 Å². The smallest absolute Gasteiger partial charge is 0.291 e. The van der Waals surface area contributed by atoms with E-state index in [0.29, 0.717) is 16.3 Å². The third-order valence-electron chi connectivity index (χ3n) is 4.53. The predicted octanol–water partition coefficient (Wildman–Crippen LogP) is 4.38. The Kier molecular flexibility index (Phi) is 7.73. The van der Waals surface area contributed by atoms with E-state index in [4.69, 9.17) is 32.4 Å². The van der Waals surface area contributed by atoms with Gasteiger partial charge in [0.2, 0.25) is 0 Å². The van der Waals surface area contributed by atoms with Crippen LogP contribution < -0.4 is 20.8 Å². The van der Waals surface area contributed by atoms with E-state index in [9.17, 15) is 18.8 Å². The zero-order valence-electron chi connectivity index (χ0n) is 17.5. The van der Waals surface area contributed by atoms with E-state index in [2.05, 4.69) is 17.2 Å². The standard InChI is InChI=1S/C23H19Cl2FN2O5/c1-12-7-20-15(9-17(12)25)19(29)10-21(33-20)23(31)28-13(2)5-6-27-22(30)11-32-14-3-4-16(24)18(26)8-14/h3-4,7-10H,2,5-6,11H2,1H3,(H,27,30)(H,28,31). The van der Waals surface area contributed by atoms with Gasteiger partial charge in [0.05, 0.1) is 10.4 Å². The SMILES string of the molecule is C=C(CCNC(=O)COc1ccc(Cl)c(F)c1)NC(=O)c1cc(=O)c2cc(Cl)c(C)cc2o1. The van der Waals surface area contributed by atoms with Crippen LogP contribution in [0.5, 0.6) is 5.75 Å². The molecule has 10 heteroatoms. The summed E-state index contributed by atoms with van der Waals surface area (Å²) in [6, 6.07) is 8.00. The number of benzene rings is 2. The van der Waals surface area contributed by atoms with Gasteiger partial charge in [-0.15, -0.1) is 0 Å². The van der Waals surface area contributed by atoms with Crippen molar-refractivity contribution in [2.75, 3.05) is 13.2 Å². The van der Waals surface area contributed by atoms with E-state index in [1.54, 1.807) is 13.0 Å². The summed E-state index contributed by atoms with van der Waals surface area (Å²) >= 11 is 11.6. The molecule has 0 fully saturated rings. The van der Waals surface area contributed by atoms with Crippen molar-refractivity contribution in [1.82, 2.24) is 10.6 Å². The van der Waals surface area contributed by atoms with Gasteiger partial charge in [-0.2, -0.15) is 0 Å². The highest BCUT2D eigenvalue weighted by Gasteiger charge is 2.14. The van der Waals surface area contributed by atoms with Crippen LogP contribution in [0.2, 0.25) is 10.0 Å². The summed E-state index contributed by atoms with van der Waals surface area (Å²) in [5.74, 6) is -1.76. The van der Waals surface area contributed by atoms with Gasteiger partial charge >= 0.3 is 0 Å². The molecule has 2 aromatic carbocycles. The molecule has 0 bridgehead atoms. The minimum atomic E-state index is -0.650. The molecule has 0 spiro atoms. The number of ether oxygens (including phenoxy) is 1. The van der Waals surface area contributed by atoms with Gasteiger partial charge in [0, 0.05) is 35.8 Å². The quantitative estimate of drug-likeness (QED) is 0.486. The summed E-state index contributed by atoms with van der Waals surface area (Å²) in [6.07, 6.45) is 0.222. The molecule has 2 amide bonds. The van der Waals surface area contributed by atoms with Crippen LogP contribution in [-0.2, 0) is 4.79 Å². The van der Waals surface area contributed by atoms with Crippen LogP contribution in [0.1, 0.15) is 22.5 Å². The van der Waals surface area contributed by atoms with Crippen molar-refractivity contribution in [2.24, 2.45) is 0 Å². The van der Waals surface area contributed by atoms with Crippen LogP contribution in [0.4, 0.5) is 4.39 Å². The Hall–Kier alpha value is -3.36. The van der Waals surface area contributed by atoms with E-state index in [1.807, 2.05) is 0 Å². The molecule has 33 heavy (non-hydrogen) atoms. The van der Waals surface area contributed by atoms with Crippen LogP contribution in [0.15, 0.2) is 57.9 Å². The molecule has 0 aliphatic carbocycles. The van der Waals surface area contributed by atoms with Crippen molar-refractivity contribution in [3.63, 3.8) is 0 Å². The number of hydrogen-bond donors (Lipinski definition) is 2. The number of carbonyl (C=O) groups is 2. The van der Waals surface area contributed by atoms with Gasteiger partial charge in [0.25, 0.3) is 11.8 Å². The summed E-state index contributed by atoms with van der Waals surface area (Å²) in [5, 5.41) is 5.76. The molecule has 0 unspecified atom stereocenters. The highest BCUT2D eigenvalue weighted by atomic mass is 35.5. The van der Waals surface area contributed by atoms with Crippen LogP contribution in [0.3, 0.4) is 0 Å². The number of nitrogens with one attached hydrogen (secondary N) is 2. The second-order valence-electron chi connectivity index (χ2n) is 7.09. The molecule has 0 saturated carbocycles. The minimum absolute atomic E-state index is 0.0464. The van der Waals surface area contributed by atoms with Crippen LogP contribution in [0, 0.1) is 12.7 Å². The molecule has 172 valence electrons. The topological polar surface area (TPSA) is 97.6 Å². The number of rotatable bonds is 8. The first-order valence-corrected chi connectivity index (χ1v) is 10.5. The maximum atomic E-state index is 13.4. The second kappa shape index (κ2) is 10.5. The molecule has 0 atom stereocenters. The lowest BCUT2D eigenvalue weighted by atomic mass is 10.1. The fourth-order valence-corrected chi connectivity index (χ4v) is 3.07. The molecule has 0 aliphatic rings. The molecule has 0 aliphatic heterocycles. The van der Waals surface area contributed by atoms with E-state index in [0.717, 1.165) is 12.1 Å². The Morgan fingerprint density at radius 1 is 1.15 bits per heavy atom. The lowest BCUT2D eigenvalue weighted by Gasteiger charge is -2.10. The Morgan fingerprint density at radius 3 is 2.64 bits per heavy atom. The number of hydrogen-bond acceptors (Lipinski definition) is 5. The molecule has 0 saturated heterocycles. The zero-order chi connectivity index (χ0) is 24.1. The monoisotopic (exact) mass is 492 g/mol. The molecule has 7 nitrogen and oxygen atoms in total. The third kappa shape index (κ3) is 6.34. The molecular weight excluding hydrogens is 474 g/mol. The molecular formula is C23H19Cl2FN2O5. The van der Waals surface area contributed by atoms with Gasteiger partial charge in [-0.25, -0.2) is 4.39 Å². The number of fused-ring (bicyclic) bond motifs is 1. The summed E-state index contributed by atoms with van der Waals surface area (Å²) in [7, 11) is 0. The first kappa shape index (κ1) is 24.3. The van der Waals surface area contributed by atoms with Crippen molar-refractivity contribution >= 4 is 46.0 Å². The van der Waals surface area contributed by atoms with Crippen molar-refractivity contribution in [3.8, 4) is 5.75 Å². The van der Waals surface area contributed by atoms with Crippen LogP contribution in [0.25, 0.3) is 11.0 Å². The Balaban J connectivity index is 1.49. The van der Waals surface area contributed by atoms with Gasteiger partial charge in [-0.3, -0.25) is 14.4 Å². The second-order valence-corrected chi connectivity index (χ2v) is 7.91. The minimum Gasteiger partial charge on any atom is -0.484 e. The van der Waals surface area contributed by atoms with Crippen molar-refractivity contribution in [1.29, 1.82) is 0 Å². The molecule has 1 heterocycles. The summed E-state index contributed by atoms with van der Waals surface area (Å²) < 4.78 is 24.1. The maximum absolute atomic E-state index is 13.4. The van der Waals surface area contributed by atoms with E-state index >= 15 is 0 Å². The van der Waals surface area contributed by atoms with E-state index in [1.165, 1.54) is 18.2 Å². The number of amides is 2. The lowest BCUT2D eigenvalue weighted by molar-refractivity contribution is -0.123. The number of carbonyl (C=O) groups excluding carboxylic acids is 2. The molecule has 0 radical (unpaired) electrons. The average Bonchev–Trinajstić information content (AvgIpc) is 2.75. The number of aryl methyl sites for hydroxylation is 1. The Morgan fingerprint density at radius 2 is 1.91 bits per heavy atom. The largest absolute Gasteiger partial charge is 0.484 e. The fraction of sp³-hybridized carbons (Fsp3) is 0.174. The summed E-state index contributed by atoms with van der Waals surface area (Å²) in [6.45, 7) is 5.32. The van der Waals surface area contributed by atoms with E-state index < -0.39 is 23.1 Å². The van der Waals surface area contributed by atoms with Gasteiger partial charge in [-0.1, -0.05) is 29.8 Å². The predicted molar refractivity (Wildman–Crippen MR) is 123 cm³/mol. The first-order valence-electron chi connectivity index (χ1n) is 9.71. The van der Waals surface area contributed by atoms with Crippen LogP contribution >= 0.6 is 23.2 Å². The van der Waals surface area contributed by atoms with Gasteiger partial charge < -0.3 is 19.8 Å². The Bertz CT molecular complexity index is 1310. The van der Waals surface area contributed by atoms with E-state index in [-0.39, 0.29) is 47.1 Å². The molecule has 3 aromatic rings. The number of halogens is 3. The van der Waals surface area contributed by atoms with Gasteiger partial charge in [-0.05, 0) is 36.8 Å². The highest BCUT2D eigenvalue weighted by Crippen LogP contribution is 2.22. The van der Waals surface area contributed by atoms with Crippen molar-refractivity contribution < 1.29 is 23.1 Å². The Labute approximate surface area is 198 Å². The van der Waals surface area contributed by atoms with Crippen LogP contribution in [-0.4, -0.2) is 25.0 Å². The normalized spacial score (nSPS) is 10.7. The van der Waals surface area contributed by atoms with Gasteiger partial charge in [0.15, 0.2) is 17.8 Å². The lowest BCUT2D eigenvalue weighted by Crippen LogP contribution is -2.31. The molecule has 1 aromatic heterocycles.